The number of carbonyl (C=O) groups is 1. The molecule has 1 aliphatic rings. The summed E-state index contributed by atoms with van der Waals surface area (Å²) in [6, 6.07) is 0. The summed E-state index contributed by atoms with van der Waals surface area (Å²) in [5, 5.41) is 9.20. The van der Waals surface area contributed by atoms with Crippen LogP contribution < -0.4 is 5.73 Å². The van der Waals surface area contributed by atoms with Gasteiger partial charge >= 0.3 is 5.97 Å². The highest BCUT2D eigenvalue weighted by Crippen LogP contribution is 2.44. The fraction of sp³-hybridized carbons (Fsp3) is 0.917. The van der Waals surface area contributed by atoms with E-state index < -0.39 is 11.4 Å². The number of rotatable bonds is 2. The number of hydrogen-bond acceptors (Lipinski definition) is 2. The standard InChI is InChI=1S/C12H23NO2/c1-11(2,3)9-4-6-12(8-13,7-5-9)10(14)15/h9H,4-8,13H2,1-3H3,(H,14,15). The zero-order valence-electron chi connectivity index (χ0n) is 10.0. The quantitative estimate of drug-likeness (QED) is 0.739. The molecule has 1 rings (SSSR count). The number of nitrogens with two attached hydrogens (primary N) is 1. The Labute approximate surface area is 92.0 Å². The van der Waals surface area contributed by atoms with Gasteiger partial charge in [-0.1, -0.05) is 20.8 Å². The Morgan fingerprint density at radius 1 is 1.40 bits per heavy atom. The summed E-state index contributed by atoms with van der Waals surface area (Å²) in [6.45, 7) is 6.97. The summed E-state index contributed by atoms with van der Waals surface area (Å²) in [5.74, 6) is -0.0751. The first-order chi connectivity index (χ1) is 6.82. The Hall–Kier alpha value is -0.570. The first-order valence-electron chi connectivity index (χ1n) is 5.75. The number of carboxylic acid groups (broad SMARTS) is 1. The predicted octanol–water partition coefficient (Wildman–Crippen LogP) is 2.25. The second kappa shape index (κ2) is 4.12. The van der Waals surface area contributed by atoms with Crippen molar-refractivity contribution >= 4 is 5.97 Å². The predicted molar refractivity (Wildman–Crippen MR) is 60.5 cm³/mol. The molecular weight excluding hydrogens is 190 g/mol. The summed E-state index contributed by atoms with van der Waals surface area (Å²) in [6.07, 6.45) is 3.46. The van der Waals surface area contributed by atoms with Gasteiger partial charge in [0.2, 0.25) is 0 Å². The Bertz CT molecular complexity index is 234. The van der Waals surface area contributed by atoms with E-state index in [-0.39, 0.29) is 6.54 Å². The molecule has 0 radical (unpaired) electrons. The van der Waals surface area contributed by atoms with Crippen LogP contribution in [0.15, 0.2) is 0 Å². The highest BCUT2D eigenvalue weighted by Gasteiger charge is 2.42. The van der Waals surface area contributed by atoms with Gasteiger partial charge in [0.05, 0.1) is 5.41 Å². The van der Waals surface area contributed by atoms with Gasteiger partial charge in [-0.15, -0.1) is 0 Å². The second-order valence-corrected chi connectivity index (χ2v) is 5.93. The van der Waals surface area contributed by atoms with E-state index in [1.165, 1.54) is 0 Å². The molecule has 0 aliphatic heterocycles. The third-order valence-corrected chi connectivity index (χ3v) is 4.01. The van der Waals surface area contributed by atoms with Gasteiger partial charge < -0.3 is 10.8 Å². The molecule has 0 aromatic rings. The van der Waals surface area contributed by atoms with Crippen LogP contribution in [0.4, 0.5) is 0 Å². The van der Waals surface area contributed by atoms with Crippen molar-refractivity contribution in [3.63, 3.8) is 0 Å². The van der Waals surface area contributed by atoms with Crippen molar-refractivity contribution in [2.24, 2.45) is 22.5 Å². The molecule has 88 valence electrons. The summed E-state index contributed by atoms with van der Waals surface area (Å²) in [4.78, 5) is 11.2. The summed E-state index contributed by atoms with van der Waals surface area (Å²) in [5.41, 5.74) is 5.27. The molecule has 0 bridgehead atoms. The highest BCUT2D eigenvalue weighted by atomic mass is 16.4. The Balaban J connectivity index is 2.65. The molecule has 0 atom stereocenters. The van der Waals surface area contributed by atoms with E-state index in [1.54, 1.807) is 0 Å². The van der Waals surface area contributed by atoms with Crippen LogP contribution in [0.1, 0.15) is 46.5 Å². The van der Waals surface area contributed by atoms with Crippen LogP contribution in [-0.2, 0) is 4.79 Å². The Morgan fingerprint density at radius 3 is 2.13 bits per heavy atom. The van der Waals surface area contributed by atoms with Crippen molar-refractivity contribution in [2.45, 2.75) is 46.5 Å². The topological polar surface area (TPSA) is 63.3 Å². The van der Waals surface area contributed by atoms with Crippen molar-refractivity contribution in [1.29, 1.82) is 0 Å². The smallest absolute Gasteiger partial charge is 0.310 e. The minimum absolute atomic E-state index is 0.277. The van der Waals surface area contributed by atoms with Crippen LogP contribution in [0.25, 0.3) is 0 Å². The Morgan fingerprint density at radius 2 is 1.87 bits per heavy atom. The summed E-state index contributed by atoms with van der Waals surface area (Å²) >= 11 is 0. The van der Waals surface area contributed by atoms with Gasteiger partial charge in [0.15, 0.2) is 0 Å². The summed E-state index contributed by atoms with van der Waals surface area (Å²) < 4.78 is 0. The lowest BCUT2D eigenvalue weighted by Gasteiger charge is -2.41. The molecule has 1 fully saturated rings. The van der Waals surface area contributed by atoms with E-state index >= 15 is 0 Å². The molecule has 3 N–H and O–H groups in total. The third-order valence-electron chi connectivity index (χ3n) is 4.01. The van der Waals surface area contributed by atoms with Gasteiger partial charge in [0.1, 0.15) is 0 Å². The molecule has 0 amide bonds. The molecule has 0 aromatic heterocycles. The van der Waals surface area contributed by atoms with E-state index in [9.17, 15) is 9.90 Å². The maximum Gasteiger partial charge on any atom is 0.310 e. The highest BCUT2D eigenvalue weighted by molar-refractivity contribution is 5.75. The van der Waals surface area contributed by atoms with Crippen molar-refractivity contribution < 1.29 is 9.90 Å². The van der Waals surface area contributed by atoms with Crippen LogP contribution in [0.2, 0.25) is 0 Å². The largest absolute Gasteiger partial charge is 0.481 e. The van der Waals surface area contributed by atoms with E-state index in [0.717, 1.165) is 25.7 Å². The first-order valence-corrected chi connectivity index (χ1v) is 5.75. The summed E-state index contributed by atoms with van der Waals surface area (Å²) in [7, 11) is 0. The minimum Gasteiger partial charge on any atom is -0.481 e. The molecule has 0 saturated heterocycles. The molecule has 3 heteroatoms. The van der Waals surface area contributed by atoms with Crippen LogP contribution in [0, 0.1) is 16.7 Å². The fourth-order valence-electron chi connectivity index (χ4n) is 2.54. The van der Waals surface area contributed by atoms with Crippen LogP contribution in [-0.4, -0.2) is 17.6 Å². The van der Waals surface area contributed by atoms with Gasteiger partial charge in [-0.25, -0.2) is 0 Å². The van der Waals surface area contributed by atoms with Gasteiger partial charge in [-0.05, 0) is 37.0 Å². The number of hydrogen-bond donors (Lipinski definition) is 2. The van der Waals surface area contributed by atoms with Crippen LogP contribution >= 0.6 is 0 Å². The van der Waals surface area contributed by atoms with E-state index in [4.69, 9.17) is 5.73 Å². The molecule has 0 unspecified atom stereocenters. The van der Waals surface area contributed by atoms with E-state index in [1.807, 2.05) is 0 Å². The Kier molecular flexibility index (Phi) is 3.44. The van der Waals surface area contributed by atoms with Gasteiger partial charge in [0.25, 0.3) is 0 Å². The third kappa shape index (κ3) is 2.51. The molecule has 0 aromatic carbocycles. The van der Waals surface area contributed by atoms with Gasteiger partial charge in [-0.3, -0.25) is 4.79 Å². The molecule has 1 saturated carbocycles. The molecule has 3 nitrogen and oxygen atoms in total. The fourth-order valence-corrected chi connectivity index (χ4v) is 2.54. The van der Waals surface area contributed by atoms with Crippen molar-refractivity contribution in [2.75, 3.05) is 6.54 Å². The normalized spacial score (nSPS) is 32.7. The lowest BCUT2D eigenvalue weighted by atomic mass is 9.64. The average Bonchev–Trinajstić information content (AvgIpc) is 2.16. The van der Waals surface area contributed by atoms with Crippen LogP contribution in [0.3, 0.4) is 0 Å². The van der Waals surface area contributed by atoms with Gasteiger partial charge in [0, 0.05) is 6.54 Å². The molecule has 0 heterocycles. The minimum atomic E-state index is -0.711. The van der Waals surface area contributed by atoms with E-state index in [0.29, 0.717) is 11.3 Å². The van der Waals surface area contributed by atoms with Crippen LogP contribution in [0.5, 0.6) is 0 Å². The average molecular weight is 213 g/mol. The number of aliphatic carboxylic acids is 1. The monoisotopic (exact) mass is 213 g/mol. The maximum absolute atomic E-state index is 11.2. The lowest BCUT2D eigenvalue weighted by Crippen LogP contribution is -2.43. The molecule has 15 heavy (non-hydrogen) atoms. The first kappa shape index (κ1) is 12.5. The molecule has 1 aliphatic carbocycles. The zero-order valence-corrected chi connectivity index (χ0v) is 10.0. The molecular formula is C12H23NO2. The maximum atomic E-state index is 11.2. The van der Waals surface area contributed by atoms with Crippen molar-refractivity contribution in [3.05, 3.63) is 0 Å². The lowest BCUT2D eigenvalue weighted by molar-refractivity contribution is -0.151. The second-order valence-electron chi connectivity index (χ2n) is 5.93. The van der Waals surface area contributed by atoms with E-state index in [2.05, 4.69) is 20.8 Å². The molecule has 0 spiro atoms. The SMILES string of the molecule is CC(C)(C)C1CCC(CN)(C(=O)O)CC1. The van der Waals surface area contributed by atoms with Gasteiger partial charge in [-0.2, -0.15) is 0 Å². The number of carboxylic acids is 1. The zero-order chi connectivity index (χ0) is 11.7. The van der Waals surface area contributed by atoms with Crippen molar-refractivity contribution in [3.8, 4) is 0 Å². The van der Waals surface area contributed by atoms with Crippen molar-refractivity contribution in [1.82, 2.24) is 0 Å².